The number of nitrogens with two attached hydrogens (primary N) is 1. The highest BCUT2D eigenvalue weighted by atomic mass is 32.2. The molecule has 0 fully saturated rings. The van der Waals surface area contributed by atoms with E-state index in [0.717, 1.165) is 0 Å². The van der Waals surface area contributed by atoms with Crippen LogP contribution in [0.2, 0.25) is 0 Å². The molecular formula is C19H34N4O7S. The zero-order valence-electron chi connectivity index (χ0n) is 18.3. The van der Waals surface area contributed by atoms with Crippen LogP contribution in [0.15, 0.2) is 0 Å². The minimum absolute atomic E-state index is 0.193. The third-order valence-corrected chi connectivity index (χ3v) is 5.36. The maximum absolute atomic E-state index is 12.7. The second-order valence-corrected chi connectivity index (χ2v) is 8.32. The van der Waals surface area contributed by atoms with Gasteiger partial charge in [-0.25, -0.2) is 4.79 Å². The van der Waals surface area contributed by atoms with E-state index in [1.54, 1.807) is 13.8 Å². The van der Waals surface area contributed by atoms with Crippen molar-refractivity contribution in [1.82, 2.24) is 16.0 Å². The molecule has 7 N–H and O–H groups in total. The summed E-state index contributed by atoms with van der Waals surface area (Å²) < 4.78 is 0. The van der Waals surface area contributed by atoms with Crippen LogP contribution < -0.4 is 21.7 Å². The Morgan fingerprint density at radius 1 is 0.903 bits per heavy atom. The fraction of sp³-hybridized carbons (Fsp3) is 0.737. The second kappa shape index (κ2) is 14.6. The lowest BCUT2D eigenvalue weighted by atomic mass is 9.98. The average molecular weight is 463 g/mol. The Kier molecular flexibility index (Phi) is 13.5. The van der Waals surface area contributed by atoms with Crippen LogP contribution in [0.4, 0.5) is 0 Å². The zero-order chi connectivity index (χ0) is 24.1. The number of amides is 3. The van der Waals surface area contributed by atoms with Gasteiger partial charge in [0.1, 0.15) is 18.1 Å². The Labute approximate surface area is 186 Å². The lowest BCUT2D eigenvalue weighted by Crippen LogP contribution is -2.57. The maximum atomic E-state index is 12.7. The lowest BCUT2D eigenvalue weighted by Gasteiger charge is -2.26. The molecule has 0 aromatic rings. The standard InChI is InChI=1S/C19H34N4O7S/c1-5-10(2)15(19(29)30)23-18(28)13(8-9-31-4)22-17(27)12(6-7-14(24)25)21-16(26)11(3)20/h10-13,15H,5-9,20H2,1-4H3,(H,21,26)(H,22,27)(H,23,28)(H,24,25)(H,29,30). The summed E-state index contributed by atoms with van der Waals surface area (Å²) in [7, 11) is 0. The van der Waals surface area contributed by atoms with Crippen molar-refractivity contribution in [2.45, 2.75) is 70.6 Å². The van der Waals surface area contributed by atoms with Gasteiger partial charge in [0.2, 0.25) is 17.7 Å². The number of nitrogens with one attached hydrogen (secondary N) is 3. The Hall–Kier alpha value is -2.34. The van der Waals surface area contributed by atoms with E-state index in [0.29, 0.717) is 12.2 Å². The van der Waals surface area contributed by atoms with Crippen molar-refractivity contribution in [3.8, 4) is 0 Å². The number of carboxylic acids is 2. The van der Waals surface area contributed by atoms with Gasteiger partial charge in [0, 0.05) is 6.42 Å². The molecule has 0 bridgehead atoms. The highest BCUT2D eigenvalue weighted by Crippen LogP contribution is 2.10. The van der Waals surface area contributed by atoms with Crippen LogP contribution in [-0.4, -0.2) is 76.0 Å². The Balaban J connectivity index is 5.46. The number of rotatable bonds is 15. The number of hydrogen-bond donors (Lipinski definition) is 6. The molecule has 178 valence electrons. The van der Waals surface area contributed by atoms with E-state index in [9.17, 15) is 29.1 Å². The third kappa shape index (κ3) is 11.0. The largest absolute Gasteiger partial charge is 0.481 e. The number of aliphatic carboxylic acids is 2. The minimum Gasteiger partial charge on any atom is -0.481 e. The van der Waals surface area contributed by atoms with E-state index in [1.807, 2.05) is 6.26 Å². The molecule has 0 rings (SSSR count). The van der Waals surface area contributed by atoms with Crippen LogP contribution >= 0.6 is 11.8 Å². The van der Waals surface area contributed by atoms with Crippen molar-refractivity contribution >= 4 is 41.4 Å². The molecule has 0 aromatic heterocycles. The summed E-state index contributed by atoms with van der Waals surface area (Å²) in [5, 5.41) is 25.7. The molecule has 5 unspecified atom stereocenters. The number of thioether (sulfide) groups is 1. The molecule has 0 saturated heterocycles. The zero-order valence-corrected chi connectivity index (χ0v) is 19.2. The second-order valence-electron chi connectivity index (χ2n) is 7.33. The van der Waals surface area contributed by atoms with E-state index >= 15 is 0 Å². The van der Waals surface area contributed by atoms with Crippen LogP contribution in [0.3, 0.4) is 0 Å². The number of carbonyl (C=O) groups excluding carboxylic acids is 3. The van der Waals surface area contributed by atoms with Gasteiger partial charge in [-0.2, -0.15) is 11.8 Å². The van der Waals surface area contributed by atoms with Crippen LogP contribution in [-0.2, 0) is 24.0 Å². The minimum atomic E-state index is -1.20. The van der Waals surface area contributed by atoms with E-state index in [1.165, 1.54) is 18.7 Å². The molecule has 0 heterocycles. The predicted octanol–water partition coefficient (Wildman–Crippen LogP) is -0.463. The van der Waals surface area contributed by atoms with E-state index in [-0.39, 0.29) is 25.2 Å². The van der Waals surface area contributed by atoms with Crippen LogP contribution in [0.25, 0.3) is 0 Å². The molecule has 0 aromatic carbocycles. The highest BCUT2D eigenvalue weighted by molar-refractivity contribution is 7.98. The molecule has 12 heteroatoms. The summed E-state index contributed by atoms with van der Waals surface area (Å²) in [5.41, 5.74) is 5.50. The third-order valence-electron chi connectivity index (χ3n) is 4.71. The van der Waals surface area contributed by atoms with Crippen LogP contribution in [0.5, 0.6) is 0 Å². The average Bonchev–Trinajstić information content (AvgIpc) is 2.70. The molecule has 3 amide bonds. The molecule has 0 aliphatic heterocycles. The van der Waals surface area contributed by atoms with Gasteiger partial charge in [0.05, 0.1) is 6.04 Å². The van der Waals surface area contributed by atoms with Crippen molar-refractivity contribution in [2.75, 3.05) is 12.0 Å². The van der Waals surface area contributed by atoms with Crippen molar-refractivity contribution in [3.05, 3.63) is 0 Å². The maximum Gasteiger partial charge on any atom is 0.326 e. The SMILES string of the molecule is CCC(C)C(NC(=O)C(CCSC)NC(=O)C(CCC(=O)O)NC(=O)C(C)N)C(=O)O. The molecule has 0 aliphatic rings. The Morgan fingerprint density at radius 2 is 1.42 bits per heavy atom. The first-order valence-corrected chi connectivity index (χ1v) is 11.4. The van der Waals surface area contributed by atoms with Gasteiger partial charge < -0.3 is 31.9 Å². The Bertz CT molecular complexity index is 645. The van der Waals surface area contributed by atoms with Gasteiger partial charge in [0.25, 0.3) is 0 Å². The van der Waals surface area contributed by atoms with Gasteiger partial charge in [-0.3, -0.25) is 19.2 Å². The number of carbonyl (C=O) groups is 5. The fourth-order valence-electron chi connectivity index (χ4n) is 2.55. The monoisotopic (exact) mass is 462 g/mol. The van der Waals surface area contributed by atoms with Gasteiger partial charge >= 0.3 is 11.9 Å². The van der Waals surface area contributed by atoms with E-state index < -0.39 is 53.8 Å². The topological polar surface area (TPSA) is 188 Å². The van der Waals surface area contributed by atoms with Crippen molar-refractivity contribution < 1.29 is 34.2 Å². The lowest BCUT2D eigenvalue weighted by molar-refractivity contribution is -0.143. The number of hydrogen-bond acceptors (Lipinski definition) is 7. The normalized spacial score (nSPS) is 15.6. The Morgan fingerprint density at radius 3 is 1.87 bits per heavy atom. The summed E-state index contributed by atoms with van der Waals surface area (Å²) in [5.74, 6) is -4.20. The van der Waals surface area contributed by atoms with E-state index in [2.05, 4.69) is 16.0 Å². The first kappa shape index (κ1) is 28.7. The smallest absolute Gasteiger partial charge is 0.326 e. The van der Waals surface area contributed by atoms with Gasteiger partial charge in [-0.15, -0.1) is 0 Å². The van der Waals surface area contributed by atoms with Gasteiger partial charge in [0.15, 0.2) is 0 Å². The van der Waals surface area contributed by atoms with E-state index in [4.69, 9.17) is 10.8 Å². The summed E-state index contributed by atoms with van der Waals surface area (Å²) in [6.45, 7) is 4.91. The molecular weight excluding hydrogens is 428 g/mol. The summed E-state index contributed by atoms with van der Waals surface area (Å²) >= 11 is 1.44. The molecule has 31 heavy (non-hydrogen) atoms. The quantitative estimate of drug-likeness (QED) is 0.187. The van der Waals surface area contributed by atoms with Crippen molar-refractivity contribution in [3.63, 3.8) is 0 Å². The molecule has 11 nitrogen and oxygen atoms in total. The van der Waals surface area contributed by atoms with Gasteiger partial charge in [-0.1, -0.05) is 20.3 Å². The van der Waals surface area contributed by atoms with Crippen molar-refractivity contribution in [2.24, 2.45) is 11.7 Å². The molecule has 5 atom stereocenters. The van der Waals surface area contributed by atoms with Crippen LogP contribution in [0, 0.1) is 5.92 Å². The van der Waals surface area contributed by atoms with Crippen molar-refractivity contribution in [1.29, 1.82) is 0 Å². The fourth-order valence-corrected chi connectivity index (χ4v) is 3.02. The van der Waals surface area contributed by atoms with Crippen LogP contribution in [0.1, 0.15) is 46.5 Å². The number of carboxylic acid groups (broad SMARTS) is 2. The summed E-state index contributed by atoms with van der Waals surface area (Å²) in [6.07, 6.45) is 1.99. The first-order chi connectivity index (χ1) is 14.4. The summed E-state index contributed by atoms with van der Waals surface area (Å²) in [4.78, 5) is 59.8. The predicted molar refractivity (Wildman–Crippen MR) is 116 cm³/mol. The molecule has 0 radical (unpaired) electrons. The summed E-state index contributed by atoms with van der Waals surface area (Å²) in [6, 6.07) is -4.29. The van der Waals surface area contributed by atoms with Gasteiger partial charge in [-0.05, 0) is 37.7 Å². The first-order valence-electron chi connectivity index (χ1n) is 10.0. The molecule has 0 spiro atoms. The highest BCUT2D eigenvalue weighted by Gasteiger charge is 2.31. The molecule has 0 aliphatic carbocycles. The molecule has 0 saturated carbocycles.